The molecular weight excluding hydrogens is 640 g/mol. The second-order valence-corrected chi connectivity index (χ2v) is 12.7. The van der Waals surface area contributed by atoms with Crippen LogP contribution in [0.25, 0.3) is 33.4 Å². The third-order valence-corrected chi connectivity index (χ3v) is 10.6. The van der Waals surface area contributed by atoms with Crippen LogP contribution in [-0.2, 0) is 11.0 Å². The van der Waals surface area contributed by atoms with Gasteiger partial charge in [0.15, 0.2) is 0 Å². The molecule has 0 aromatic heterocycles. The van der Waals surface area contributed by atoms with Crippen molar-refractivity contribution in [2.24, 2.45) is 0 Å². The van der Waals surface area contributed by atoms with Crippen LogP contribution in [0.5, 0.6) is 34.5 Å². The van der Waals surface area contributed by atoms with Gasteiger partial charge >= 0.3 is 0 Å². The molecule has 0 radical (unpaired) electrons. The molecule has 0 saturated heterocycles. The van der Waals surface area contributed by atoms with Crippen molar-refractivity contribution in [3.05, 3.63) is 143 Å². The summed E-state index contributed by atoms with van der Waals surface area (Å²) in [5.74, 6) is 3.93. The molecule has 1 unspecified atom stereocenters. The summed E-state index contributed by atoms with van der Waals surface area (Å²) in [6.07, 6.45) is 0. The van der Waals surface area contributed by atoms with Crippen LogP contribution >= 0.6 is 0 Å². The monoisotopic (exact) mass is 678 g/mol. The van der Waals surface area contributed by atoms with E-state index in [0.29, 0.717) is 39.9 Å². The van der Waals surface area contributed by atoms with Crippen LogP contribution in [0.4, 0.5) is 0 Å². The van der Waals surface area contributed by atoms with Crippen LogP contribution < -0.4 is 28.4 Å². The normalized spacial score (nSPS) is 16.0. The standard InChI is InChI=1S/C44H38O7/c1-46-27-9-7-26(8-10-27)33-16-11-31(50-5)24-41(33)44(45)42-25-32(51-6)15-20-37(42)36-19-14-30(49-4)23-40(36)43(44)38-21-28(47-2)12-17-34(38)35-18-13-29(48-3)22-39(35)43/h7-25,45H,1-6H3. The van der Waals surface area contributed by atoms with Gasteiger partial charge in [0.25, 0.3) is 0 Å². The first-order chi connectivity index (χ1) is 24.9. The summed E-state index contributed by atoms with van der Waals surface area (Å²) in [7, 11) is 9.91. The molecule has 0 heterocycles. The average molecular weight is 679 g/mol. The summed E-state index contributed by atoms with van der Waals surface area (Å²) in [5.41, 5.74) is 6.32. The number of methoxy groups -OCH3 is 6. The molecule has 0 aliphatic heterocycles. The lowest BCUT2D eigenvalue weighted by Gasteiger charge is -2.52. The van der Waals surface area contributed by atoms with Crippen molar-refractivity contribution < 1.29 is 33.5 Å². The van der Waals surface area contributed by atoms with E-state index in [0.717, 1.165) is 55.8 Å². The molecule has 1 atom stereocenters. The summed E-state index contributed by atoms with van der Waals surface area (Å²) in [6, 6.07) is 38.0. The first-order valence-corrected chi connectivity index (χ1v) is 16.7. The Labute approximate surface area is 297 Å². The highest BCUT2D eigenvalue weighted by Gasteiger charge is 2.64. The van der Waals surface area contributed by atoms with E-state index in [2.05, 4.69) is 36.4 Å². The van der Waals surface area contributed by atoms with Crippen LogP contribution in [-0.4, -0.2) is 47.8 Å². The summed E-state index contributed by atoms with van der Waals surface area (Å²) in [6.45, 7) is 0. The van der Waals surface area contributed by atoms with Crippen molar-refractivity contribution in [2.75, 3.05) is 42.7 Å². The van der Waals surface area contributed by atoms with Crippen molar-refractivity contribution in [3.63, 3.8) is 0 Å². The van der Waals surface area contributed by atoms with Crippen LogP contribution in [0.15, 0.2) is 115 Å². The molecule has 0 amide bonds. The van der Waals surface area contributed by atoms with Gasteiger partial charge in [-0.2, -0.15) is 0 Å². The zero-order valence-electron chi connectivity index (χ0n) is 29.4. The Bertz CT molecular complexity index is 2260. The fourth-order valence-electron chi connectivity index (χ4n) is 8.31. The second kappa shape index (κ2) is 12.1. The van der Waals surface area contributed by atoms with Crippen LogP contribution in [0.3, 0.4) is 0 Å². The maximum absolute atomic E-state index is 14.7. The van der Waals surface area contributed by atoms with Crippen LogP contribution in [0.1, 0.15) is 27.8 Å². The van der Waals surface area contributed by atoms with Gasteiger partial charge < -0.3 is 33.5 Å². The van der Waals surface area contributed by atoms with Gasteiger partial charge in [-0.05, 0) is 123 Å². The molecular formula is C44H38O7. The Morgan fingerprint density at radius 3 is 0.961 bits per heavy atom. The van der Waals surface area contributed by atoms with E-state index in [1.165, 1.54) is 0 Å². The van der Waals surface area contributed by atoms with E-state index >= 15 is 0 Å². The van der Waals surface area contributed by atoms with E-state index in [-0.39, 0.29) is 0 Å². The largest absolute Gasteiger partial charge is 0.497 e. The average Bonchev–Trinajstić information content (AvgIpc) is 3.48. The predicted octanol–water partition coefficient (Wildman–Crippen LogP) is 8.64. The lowest BCUT2D eigenvalue weighted by Crippen LogP contribution is -2.53. The van der Waals surface area contributed by atoms with Crippen molar-refractivity contribution in [1.82, 2.24) is 0 Å². The maximum Gasteiger partial charge on any atom is 0.134 e. The number of fused-ring (bicyclic) bond motifs is 9. The minimum absolute atomic E-state index is 0.599. The number of hydrogen-bond acceptors (Lipinski definition) is 7. The molecule has 0 fully saturated rings. The molecule has 7 nitrogen and oxygen atoms in total. The summed E-state index contributed by atoms with van der Waals surface area (Å²) in [5, 5.41) is 14.7. The molecule has 0 saturated carbocycles. The van der Waals surface area contributed by atoms with Crippen molar-refractivity contribution in [2.45, 2.75) is 11.0 Å². The third kappa shape index (κ3) is 4.47. The third-order valence-electron chi connectivity index (χ3n) is 10.6. The van der Waals surface area contributed by atoms with Gasteiger partial charge in [0, 0.05) is 11.1 Å². The summed E-state index contributed by atoms with van der Waals surface area (Å²) in [4.78, 5) is 0. The molecule has 2 aliphatic rings. The zero-order chi connectivity index (χ0) is 35.5. The lowest BCUT2D eigenvalue weighted by molar-refractivity contribution is 0.0284. The van der Waals surface area contributed by atoms with Gasteiger partial charge in [0.1, 0.15) is 40.1 Å². The van der Waals surface area contributed by atoms with E-state index in [1.54, 1.807) is 42.7 Å². The molecule has 6 aromatic rings. The van der Waals surface area contributed by atoms with Crippen molar-refractivity contribution in [3.8, 4) is 67.9 Å². The Hall–Kier alpha value is -5.92. The minimum atomic E-state index is -1.81. The van der Waals surface area contributed by atoms with E-state index in [4.69, 9.17) is 28.4 Å². The van der Waals surface area contributed by atoms with Gasteiger partial charge in [0.05, 0.1) is 48.1 Å². The van der Waals surface area contributed by atoms with Crippen LogP contribution in [0.2, 0.25) is 0 Å². The molecule has 0 bridgehead atoms. The van der Waals surface area contributed by atoms with Gasteiger partial charge in [-0.15, -0.1) is 0 Å². The predicted molar refractivity (Wildman–Crippen MR) is 198 cm³/mol. The Balaban J connectivity index is 1.63. The number of benzene rings is 6. The number of aliphatic hydroxyl groups is 1. The van der Waals surface area contributed by atoms with Gasteiger partial charge in [-0.3, -0.25) is 0 Å². The molecule has 1 spiro atoms. The lowest BCUT2D eigenvalue weighted by atomic mass is 9.52. The maximum atomic E-state index is 14.7. The van der Waals surface area contributed by atoms with Gasteiger partial charge in [-0.1, -0.05) is 42.5 Å². The number of ether oxygens (including phenoxy) is 6. The Morgan fingerprint density at radius 2 is 0.608 bits per heavy atom. The van der Waals surface area contributed by atoms with E-state index < -0.39 is 11.0 Å². The fraction of sp³-hybridized carbons (Fsp3) is 0.182. The molecule has 8 rings (SSSR count). The van der Waals surface area contributed by atoms with Crippen molar-refractivity contribution >= 4 is 0 Å². The molecule has 6 aromatic carbocycles. The first kappa shape index (κ1) is 32.3. The smallest absolute Gasteiger partial charge is 0.134 e. The highest BCUT2D eigenvalue weighted by Crippen LogP contribution is 2.69. The summed E-state index contributed by atoms with van der Waals surface area (Å²) >= 11 is 0. The molecule has 7 heteroatoms. The quantitative estimate of drug-likeness (QED) is 0.173. The molecule has 2 aliphatic carbocycles. The number of rotatable bonds is 8. The van der Waals surface area contributed by atoms with E-state index in [1.807, 2.05) is 78.9 Å². The minimum Gasteiger partial charge on any atom is -0.497 e. The van der Waals surface area contributed by atoms with Gasteiger partial charge in [-0.25, -0.2) is 0 Å². The Kier molecular flexibility index (Phi) is 7.69. The SMILES string of the molecule is COc1ccc(-c2ccc(OC)cc2C2(O)c3cc(OC)ccc3-c3ccc(OC)cc3C23c2cc(OC)ccc2-c2ccc(OC)cc23)cc1. The number of hydrogen-bond donors (Lipinski definition) is 1. The highest BCUT2D eigenvalue weighted by atomic mass is 16.5. The molecule has 51 heavy (non-hydrogen) atoms. The molecule has 1 N–H and O–H groups in total. The topological polar surface area (TPSA) is 75.6 Å². The van der Waals surface area contributed by atoms with Crippen molar-refractivity contribution in [1.29, 1.82) is 0 Å². The summed E-state index contributed by atoms with van der Waals surface area (Å²) < 4.78 is 35.0. The zero-order valence-corrected chi connectivity index (χ0v) is 29.4. The second-order valence-electron chi connectivity index (χ2n) is 12.7. The molecule has 256 valence electrons. The Morgan fingerprint density at radius 1 is 0.333 bits per heavy atom. The highest BCUT2D eigenvalue weighted by molar-refractivity contribution is 5.94. The van der Waals surface area contributed by atoms with E-state index in [9.17, 15) is 5.11 Å². The van der Waals surface area contributed by atoms with Gasteiger partial charge in [0.2, 0.25) is 0 Å². The first-order valence-electron chi connectivity index (χ1n) is 16.7. The van der Waals surface area contributed by atoms with Crippen LogP contribution in [0, 0.1) is 0 Å². The fourth-order valence-corrected chi connectivity index (χ4v) is 8.31.